The molecule has 1 aliphatic rings. The van der Waals surface area contributed by atoms with Crippen LogP contribution >= 0.6 is 0 Å². The van der Waals surface area contributed by atoms with Crippen molar-refractivity contribution < 1.29 is 67.2 Å². The Balaban J connectivity index is 1.38. The minimum Gasteiger partial charge on any atom is -0.481 e. The van der Waals surface area contributed by atoms with Crippen LogP contribution < -0.4 is 42.6 Å². The average Bonchev–Trinajstić information content (AvgIpc) is 3.26. The summed E-state index contributed by atoms with van der Waals surface area (Å²) in [5.41, 5.74) is 12.4. The number of carbonyl (C=O) groups excluding carboxylic acids is 7. The van der Waals surface area contributed by atoms with Crippen LogP contribution in [-0.2, 0) is 52.6 Å². The van der Waals surface area contributed by atoms with Gasteiger partial charge >= 0.3 is 29.8 Å². The fourth-order valence-corrected chi connectivity index (χ4v) is 6.46. The maximum Gasteiger partial charge on any atom is 0.338 e. The van der Waals surface area contributed by atoms with E-state index in [1.165, 1.54) is 6.07 Å². The summed E-state index contributed by atoms with van der Waals surface area (Å²) in [6, 6.07) is 11.2. The van der Waals surface area contributed by atoms with E-state index < -0.39 is 98.0 Å². The molecule has 0 saturated carbocycles. The third-order valence-electron chi connectivity index (χ3n) is 9.73. The Morgan fingerprint density at radius 2 is 1.58 bits per heavy atom. The van der Waals surface area contributed by atoms with E-state index in [2.05, 4.69) is 25.7 Å². The number of aliphatic hydroxyl groups excluding tert-OH is 1. The van der Waals surface area contributed by atoms with Gasteiger partial charge in [-0.2, -0.15) is 0 Å². The summed E-state index contributed by atoms with van der Waals surface area (Å²) < 4.78 is 21.9. The number of nitrogens with two attached hydrogens (primary N) is 2. The monoisotopic (exact) mass is 895 g/mol. The van der Waals surface area contributed by atoms with Gasteiger partial charge in [0.1, 0.15) is 25.2 Å². The molecule has 64 heavy (non-hydrogen) atoms. The number of carboxylic acid groups (broad SMARTS) is 1. The summed E-state index contributed by atoms with van der Waals surface area (Å²) >= 11 is 0. The van der Waals surface area contributed by atoms with Gasteiger partial charge in [0.2, 0.25) is 30.4 Å². The number of fused-ring (bicyclic) bond motifs is 1. The number of hydrogen-bond acceptors (Lipinski definition) is 15. The number of hydrogen-bond donors (Lipinski definition) is 8. The van der Waals surface area contributed by atoms with Gasteiger partial charge in [-0.15, -0.1) is 0 Å². The molecule has 1 aromatic heterocycles. The molecule has 0 unspecified atom stereocenters. The molecule has 1 aliphatic heterocycles. The van der Waals surface area contributed by atoms with Crippen LogP contribution in [0, 0.1) is 0 Å². The Kier molecular flexibility index (Phi) is 18.4. The number of aliphatic hydroxyl groups is 1. The summed E-state index contributed by atoms with van der Waals surface area (Å²) in [5.74, 6) is -8.56. The Morgan fingerprint density at radius 3 is 2.23 bits per heavy atom. The van der Waals surface area contributed by atoms with E-state index in [9.17, 15) is 53.4 Å². The van der Waals surface area contributed by atoms with Crippen LogP contribution in [0.5, 0.6) is 0 Å². The molecule has 2 heterocycles. The highest BCUT2D eigenvalue weighted by Crippen LogP contribution is 2.33. The highest BCUT2D eigenvalue weighted by molar-refractivity contribution is 5.96. The minimum atomic E-state index is -1.81. The summed E-state index contributed by atoms with van der Waals surface area (Å²) in [4.78, 5) is 117. The normalized spacial score (nSPS) is 14.4. The first-order chi connectivity index (χ1) is 30.5. The number of carbonyl (C=O) groups is 8. The lowest BCUT2D eigenvalue weighted by molar-refractivity contribution is -0.161. The standard InChI is InChI=1S/C41H50N8O15/c1-24(51)63-40(60)30(22-50)48-39(59)29(19-35(55)56)47-33(54)21-45-38(58)28(11-6-14-44-41(42)43)46-32(53)12-13-36(57)62-23-49(15-17-61-18-16-49)34-20-31(52)27-10-5-9-26(37(27)64-34)25-7-3-2-4-8-25/h2-5,7-10,20,28-30,50H,6,11-19,21-23H2,1H3,(H8-,42,43,44,45,46,47,48,53,54,55,56,58,59)/p+1/t28-,29-,30-/m0/s1. The SMILES string of the molecule is CC(=O)OC(=O)[C@H](CO)NC(=O)[C@H](CC(=O)O)NC(=O)CNC(=O)[C@H](CCCN=C(N)N)NC(=O)CCC(=O)OC[N+]1(c2cc(=O)c3cccc(-c4ccccc4)c3o2)CCOCC1. The molecule has 23 nitrogen and oxygen atoms in total. The predicted octanol–water partition coefficient (Wildman–Crippen LogP) is -1.74. The molecule has 3 atom stereocenters. The Bertz CT molecular complexity index is 2270. The molecule has 23 heteroatoms. The highest BCUT2D eigenvalue weighted by atomic mass is 16.6. The summed E-state index contributed by atoms with van der Waals surface area (Å²) in [5, 5.41) is 28.0. The Morgan fingerprint density at radius 1 is 0.875 bits per heavy atom. The Labute approximate surface area is 365 Å². The number of aliphatic imine (C=N–C) groups is 1. The van der Waals surface area contributed by atoms with Crippen molar-refractivity contribution in [2.24, 2.45) is 16.5 Å². The Hall–Kier alpha value is -7.24. The van der Waals surface area contributed by atoms with E-state index in [0.29, 0.717) is 29.6 Å². The van der Waals surface area contributed by atoms with E-state index in [4.69, 9.17) is 25.4 Å². The number of amides is 4. The number of ether oxygens (including phenoxy) is 3. The molecule has 0 spiro atoms. The summed E-state index contributed by atoms with van der Waals surface area (Å²) in [6.07, 6.45) is -1.70. The maximum absolute atomic E-state index is 13.4. The van der Waals surface area contributed by atoms with Gasteiger partial charge in [-0.05, 0) is 24.5 Å². The number of guanidine groups is 1. The molecule has 4 amide bonds. The molecule has 0 aliphatic carbocycles. The van der Waals surface area contributed by atoms with Crippen LogP contribution in [0.4, 0.5) is 5.88 Å². The highest BCUT2D eigenvalue weighted by Gasteiger charge is 2.38. The predicted molar refractivity (Wildman–Crippen MR) is 225 cm³/mol. The fraction of sp³-hybridized carbons (Fsp3) is 0.415. The molecule has 10 N–H and O–H groups in total. The number of nitrogens with zero attached hydrogens (tertiary/aromatic N) is 2. The zero-order valence-electron chi connectivity index (χ0n) is 34.9. The second-order valence-corrected chi connectivity index (χ2v) is 14.5. The van der Waals surface area contributed by atoms with Crippen molar-refractivity contribution in [1.29, 1.82) is 0 Å². The van der Waals surface area contributed by atoms with Crippen molar-refractivity contribution in [2.75, 3.05) is 52.7 Å². The zero-order valence-corrected chi connectivity index (χ0v) is 34.9. The van der Waals surface area contributed by atoms with Gasteiger partial charge in [-0.1, -0.05) is 42.5 Å². The lowest BCUT2D eigenvalue weighted by atomic mass is 10.0. The molecule has 2 aromatic carbocycles. The summed E-state index contributed by atoms with van der Waals surface area (Å²) in [6.45, 7) is 0.0368. The van der Waals surface area contributed by atoms with Gasteiger partial charge in [0.25, 0.3) is 0 Å². The first-order valence-corrected chi connectivity index (χ1v) is 20.0. The topological polar surface area (TPSA) is 347 Å². The van der Waals surface area contributed by atoms with Crippen LogP contribution in [0.3, 0.4) is 0 Å². The third kappa shape index (κ3) is 14.7. The van der Waals surface area contributed by atoms with Crippen LogP contribution in [0.25, 0.3) is 22.1 Å². The number of nitrogens with one attached hydrogen (secondary N) is 4. The van der Waals surface area contributed by atoms with Crippen molar-refractivity contribution in [2.45, 2.75) is 57.2 Å². The largest absolute Gasteiger partial charge is 0.481 e. The number of benzene rings is 2. The molecule has 4 rings (SSSR count). The quantitative estimate of drug-likeness (QED) is 0.0139. The molecule has 0 radical (unpaired) electrons. The van der Waals surface area contributed by atoms with Crippen LogP contribution in [-0.4, -0.2) is 135 Å². The van der Waals surface area contributed by atoms with E-state index in [1.54, 1.807) is 12.1 Å². The third-order valence-corrected chi connectivity index (χ3v) is 9.73. The van der Waals surface area contributed by atoms with Crippen LogP contribution in [0.1, 0.15) is 39.0 Å². The van der Waals surface area contributed by atoms with Gasteiger partial charge in [0, 0.05) is 25.5 Å². The van der Waals surface area contributed by atoms with Gasteiger partial charge in [0.15, 0.2) is 23.0 Å². The maximum atomic E-state index is 13.4. The van der Waals surface area contributed by atoms with Crippen molar-refractivity contribution in [1.82, 2.24) is 25.8 Å². The van der Waals surface area contributed by atoms with E-state index in [1.807, 2.05) is 41.7 Å². The van der Waals surface area contributed by atoms with Gasteiger partial charge < -0.3 is 61.6 Å². The minimum absolute atomic E-state index is 0.0472. The average molecular weight is 896 g/mol. The van der Waals surface area contributed by atoms with Crippen LogP contribution in [0.15, 0.2) is 68.8 Å². The van der Waals surface area contributed by atoms with Crippen molar-refractivity contribution in [3.8, 4) is 11.1 Å². The first kappa shape index (κ1) is 49.4. The molecule has 3 aromatic rings. The van der Waals surface area contributed by atoms with Crippen molar-refractivity contribution in [3.05, 3.63) is 64.8 Å². The lowest BCUT2D eigenvalue weighted by Gasteiger charge is -2.37. The van der Waals surface area contributed by atoms with E-state index in [-0.39, 0.29) is 61.1 Å². The smallest absolute Gasteiger partial charge is 0.338 e. The summed E-state index contributed by atoms with van der Waals surface area (Å²) in [7, 11) is 0. The van der Waals surface area contributed by atoms with Crippen LogP contribution in [0.2, 0.25) is 0 Å². The van der Waals surface area contributed by atoms with Gasteiger partial charge in [-0.3, -0.25) is 43.3 Å². The molecule has 344 valence electrons. The lowest BCUT2D eigenvalue weighted by Crippen LogP contribution is -2.58. The molecular weight excluding hydrogens is 844 g/mol. The van der Waals surface area contributed by atoms with E-state index >= 15 is 0 Å². The molecule has 0 bridgehead atoms. The zero-order chi connectivity index (χ0) is 46.8. The van der Waals surface area contributed by atoms with Gasteiger partial charge in [-0.25, -0.2) is 9.28 Å². The van der Waals surface area contributed by atoms with E-state index in [0.717, 1.165) is 12.5 Å². The number of aliphatic carboxylic acids is 1. The number of morpholine rings is 1. The fourth-order valence-electron chi connectivity index (χ4n) is 6.46. The molecule has 1 saturated heterocycles. The number of rotatable bonds is 22. The number of esters is 3. The van der Waals surface area contributed by atoms with Crippen molar-refractivity contribution in [3.63, 3.8) is 0 Å². The molecular formula is C41H51N8O15+. The second-order valence-electron chi connectivity index (χ2n) is 14.5. The van der Waals surface area contributed by atoms with Crippen molar-refractivity contribution >= 4 is 70.3 Å². The first-order valence-electron chi connectivity index (χ1n) is 20.0. The second kappa shape index (κ2) is 23.8. The number of para-hydroxylation sites is 1. The number of quaternary nitrogens is 1. The molecule has 1 fully saturated rings. The van der Waals surface area contributed by atoms with Gasteiger partial charge in [0.05, 0.1) is 50.7 Å². The number of carboxylic acids is 1.